The monoisotopic (exact) mass is 693 g/mol. The lowest BCUT2D eigenvalue weighted by atomic mass is 9.97. The number of aromatic nitrogens is 2. The average Bonchev–Trinajstić information content (AvgIpc) is 3.15. The molecule has 0 spiro atoms. The molecule has 0 aliphatic carbocycles. The van der Waals surface area contributed by atoms with E-state index in [9.17, 15) is 31.9 Å². The van der Waals surface area contributed by atoms with Crippen molar-refractivity contribution in [3.63, 3.8) is 0 Å². The highest BCUT2D eigenvalue weighted by Gasteiger charge is 2.33. The highest BCUT2D eigenvalue weighted by molar-refractivity contribution is 7.99. The summed E-state index contributed by atoms with van der Waals surface area (Å²) in [6.07, 6.45) is 2.71. The zero-order chi connectivity index (χ0) is 34.5. The fourth-order valence-corrected chi connectivity index (χ4v) is 6.21. The fraction of sp³-hybridized carbons (Fsp3) is 0.194. The van der Waals surface area contributed by atoms with E-state index in [2.05, 4.69) is 15.3 Å². The number of aliphatic hydroxyl groups excluding tert-OH is 1. The Kier molecular flexibility index (Phi) is 10.6. The number of hydrogen-bond acceptors (Lipinski definition) is 7. The van der Waals surface area contributed by atoms with Crippen molar-refractivity contribution >= 4 is 17.7 Å². The molecule has 2 heterocycles. The summed E-state index contributed by atoms with van der Waals surface area (Å²) in [4.78, 5) is 21.1. The molecular weight excluding hydrogens is 665 g/mol. The molecule has 1 aliphatic heterocycles. The predicted octanol–water partition coefficient (Wildman–Crippen LogP) is 7.60. The van der Waals surface area contributed by atoms with E-state index in [1.807, 2.05) is 48.5 Å². The first-order valence-electron chi connectivity index (χ1n) is 15.1. The number of ether oxygens (including phenoxy) is 2. The maximum atomic E-state index is 14.2. The van der Waals surface area contributed by atoms with Crippen LogP contribution in [0.15, 0.2) is 96.4 Å². The van der Waals surface area contributed by atoms with Crippen LogP contribution in [-0.4, -0.2) is 32.8 Å². The third kappa shape index (κ3) is 7.65. The number of carbonyl (C=O) groups is 1. The number of halogens is 5. The molecule has 1 fully saturated rings. The number of hydrogen-bond donors (Lipinski definition) is 2. The van der Waals surface area contributed by atoms with Gasteiger partial charge in [-0.1, -0.05) is 84.6 Å². The van der Waals surface area contributed by atoms with Gasteiger partial charge in [0.05, 0.1) is 18.8 Å². The normalized spacial score (nSPS) is 17.6. The van der Waals surface area contributed by atoms with Crippen molar-refractivity contribution in [3.05, 3.63) is 148 Å². The number of nitrogens with zero attached hydrogens (tertiary/aromatic N) is 2. The van der Waals surface area contributed by atoms with Crippen LogP contribution in [0.25, 0.3) is 11.1 Å². The van der Waals surface area contributed by atoms with Crippen molar-refractivity contribution < 1.29 is 41.3 Å². The molecule has 49 heavy (non-hydrogen) atoms. The molecule has 0 unspecified atom stereocenters. The molecule has 6 rings (SSSR count). The third-order valence-corrected chi connectivity index (χ3v) is 8.95. The first-order chi connectivity index (χ1) is 23.7. The lowest BCUT2D eigenvalue weighted by molar-refractivity contribution is -0.245. The quantitative estimate of drug-likeness (QED) is 0.0512. The van der Waals surface area contributed by atoms with Gasteiger partial charge in [0.15, 0.2) is 34.7 Å². The molecule has 252 valence electrons. The van der Waals surface area contributed by atoms with Crippen LogP contribution in [0.5, 0.6) is 0 Å². The van der Waals surface area contributed by atoms with E-state index in [1.165, 1.54) is 11.8 Å². The molecule has 0 saturated carbocycles. The Labute approximate surface area is 282 Å². The number of nitrogens with one attached hydrogen (secondary N) is 1. The minimum Gasteiger partial charge on any atom is -0.392 e. The molecule has 0 bridgehead atoms. The summed E-state index contributed by atoms with van der Waals surface area (Å²) in [6, 6.07) is 23.5. The van der Waals surface area contributed by atoms with Gasteiger partial charge in [0, 0.05) is 36.7 Å². The van der Waals surface area contributed by atoms with Gasteiger partial charge < -0.3 is 19.9 Å². The van der Waals surface area contributed by atoms with Crippen LogP contribution < -0.4 is 5.32 Å². The first kappa shape index (κ1) is 34.2. The Bertz CT molecular complexity index is 1910. The standard InChI is InChI=1S/C36H28F5N3O4S/c37-29-28(30(38)32(40)33(41)31(29)39)34(46)44-17-24-4-1-2-5-26(24)21-10-12-23(13-11-21)35-47-25(19-49-36-42-14-3-15-43-36)16-27(48-35)22-8-6-20(18-45)7-9-22/h1-15,25,27,35,45H,16-19H2,(H,44,46)/t25-,27+,35+/m1/s1. The minimum atomic E-state index is -2.34. The lowest BCUT2D eigenvalue weighted by Crippen LogP contribution is -2.31. The third-order valence-electron chi connectivity index (χ3n) is 7.94. The van der Waals surface area contributed by atoms with Gasteiger partial charge in [-0.15, -0.1) is 0 Å². The van der Waals surface area contributed by atoms with Gasteiger partial charge in [0.25, 0.3) is 5.91 Å². The Morgan fingerprint density at radius 1 is 0.796 bits per heavy atom. The largest absolute Gasteiger partial charge is 0.392 e. The summed E-state index contributed by atoms with van der Waals surface area (Å²) in [5.41, 5.74) is 2.83. The maximum absolute atomic E-state index is 14.2. The van der Waals surface area contributed by atoms with E-state index in [-0.39, 0.29) is 25.4 Å². The fourth-order valence-electron chi connectivity index (χ4n) is 5.39. The summed E-state index contributed by atoms with van der Waals surface area (Å²) < 4.78 is 82.0. The van der Waals surface area contributed by atoms with E-state index >= 15 is 0 Å². The van der Waals surface area contributed by atoms with Crippen LogP contribution in [0.1, 0.15) is 51.4 Å². The van der Waals surface area contributed by atoms with Gasteiger partial charge >= 0.3 is 0 Å². The van der Waals surface area contributed by atoms with E-state index in [1.54, 1.807) is 42.7 Å². The smallest absolute Gasteiger partial charge is 0.257 e. The Balaban J connectivity index is 1.20. The SMILES string of the molecule is O=C(NCc1ccccc1-c1ccc([C@H]2O[C@@H](CSc3ncccn3)C[C@@H](c3ccc(CO)cc3)O2)cc1)c1c(F)c(F)c(F)c(F)c1F. The van der Waals surface area contributed by atoms with E-state index in [0.717, 1.165) is 22.3 Å². The number of carbonyl (C=O) groups excluding carboxylic acids is 1. The van der Waals surface area contributed by atoms with E-state index in [4.69, 9.17) is 9.47 Å². The number of amides is 1. The Morgan fingerprint density at radius 3 is 2.10 bits per heavy atom. The minimum absolute atomic E-state index is 0.0684. The predicted molar refractivity (Wildman–Crippen MR) is 170 cm³/mol. The molecule has 13 heteroatoms. The van der Waals surface area contributed by atoms with Crippen molar-refractivity contribution in [1.29, 1.82) is 0 Å². The second-order valence-corrected chi connectivity index (χ2v) is 12.1. The zero-order valence-corrected chi connectivity index (χ0v) is 26.4. The summed E-state index contributed by atoms with van der Waals surface area (Å²) in [5.74, 6) is -12.0. The number of aliphatic hydroxyl groups is 1. The van der Waals surface area contributed by atoms with Gasteiger partial charge in [-0.25, -0.2) is 31.9 Å². The van der Waals surface area contributed by atoms with Crippen molar-refractivity contribution in [3.8, 4) is 11.1 Å². The molecule has 1 amide bonds. The topological polar surface area (TPSA) is 93.6 Å². The summed E-state index contributed by atoms with van der Waals surface area (Å²) in [6.45, 7) is -0.326. The summed E-state index contributed by atoms with van der Waals surface area (Å²) in [7, 11) is 0. The molecule has 4 aromatic carbocycles. The highest BCUT2D eigenvalue weighted by Crippen LogP contribution is 2.40. The van der Waals surface area contributed by atoms with Gasteiger partial charge in [-0.2, -0.15) is 0 Å². The molecule has 1 saturated heterocycles. The van der Waals surface area contributed by atoms with Crippen LogP contribution in [-0.2, 0) is 22.6 Å². The second kappa shape index (κ2) is 15.2. The molecular formula is C36H28F5N3O4S. The molecule has 2 N–H and O–H groups in total. The summed E-state index contributed by atoms with van der Waals surface area (Å²) >= 11 is 1.48. The Morgan fingerprint density at radius 2 is 1.43 bits per heavy atom. The number of rotatable bonds is 10. The zero-order valence-electron chi connectivity index (χ0n) is 25.6. The van der Waals surface area contributed by atoms with Crippen LogP contribution in [0.4, 0.5) is 22.0 Å². The van der Waals surface area contributed by atoms with Crippen molar-refractivity contribution in [2.75, 3.05) is 5.75 Å². The molecule has 0 radical (unpaired) electrons. The Hall–Kier alpha value is -4.69. The van der Waals surface area contributed by atoms with Gasteiger partial charge in [0.2, 0.25) is 5.82 Å². The van der Waals surface area contributed by atoms with Crippen LogP contribution >= 0.6 is 11.8 Å². The van der Waals surface area contributed by atoms with Gasteiger partial charge in [-0.3, -0.25) is 4.79 Å². The van der Waals surface area contributed by atoms with Crippen molar-refractivity contribution in [2.45, 2.75) is 43.2 Å². The van der Waals surface area contributed by atoms with Gasteiger partial charge in [-0.05, 0) is 33.9 Å². The van der Waals surface area contributed by atoms with E-state index < -0.39 is 46.8 Å². The average molecular weight is 694 g/mol. The molecule has 5 aromatic rings. The van der Waals surface area contributed by atoms with Crippen LogP contribution in [0.3, 0.4) is 0 Å². The molecule has 7 nitrogen and oxygen atoms in total. The number of thioether (sulfide) groups is 1. The molecule has 1 aromatic heterocycles. The summed E-state index contributed by atoms with van der Waals surface area (Å²) in [5, 5.41) is 12.4. The first-order valence-corrected chi connectivity index (χ1v) is 16.1. The second-order valence-electron chi connectivity index (χ2n) is 11.1. The lowest BCUT2D eigenvalue weighted by Gasteiger charge is -2.36. The van der Waals surface area contributed by atoms with Crippen molar-refractivity contribution in [2.24, 2.45) is 0 Å². The maximum Gasteiger partial charge on any atom is 0.257 e. The van der Waals surface area contributed by atoms with Gasteiger partial charge in [0.1, 0.15) is 5.56 Å². The number of benzene rings is 4. The highest BCUT2D eigenvalue weighted by atomic mass is 32.2. The molecule has 3 atom stereocenters. The van der Waals surface area contributed by atoms with Crippen LogP contribution in [0, 0.1) is 29.1 Å². The van der Waals surface area contributed by atoms with Crippen LogP contribution in [0.2, 0.25) is 0 Å². The van der Waals surface area contributed by atoms with E-state index in [0.29, 0.717) is 28.5 Å². The molecule has 1 aliphatic rings. The van der Waals surface area contributed by atoms with Crippen molar-refractivity contribution in [1.82, 2.24) is 15.3 Å².